The van der Waals surface area contributed by atoms with Crippen molar-refractivity contribution in [2.24, 2.45) is 0 Å². The number of carbonyl (C=O) groups is 1. The van der Waals surface area contributed by atoms with Crippen molar-refractivity contribution >= 4 is 5.91 Å². The Kier molecular flexibility index (Phi) is 5.58. The molecule has 0 aromatic carbocycles. The Morgan fingerprint density at radius 2 is 2.18 bits per heavy atom. The number of nitrogens with zero attached hydrogens (tertiary/aromatic N) is 3. The summed E-state index contributed by atoms with van der Waals surface area (Å²) in [5, 5.41) is 0. The minimum absolute atomic E-state index is 0.0622. The van der Waals surface area contributed by atoms with Gasteiger partial charge in [0, 0.05) is 24.4 Å². The molecule has 0 radical (unpaired) electrons. The first-order chi connectivity index (χ1) is 13.4. The number of aryl methyl sites for hydroxylation is 1. The number of fused-ring (bicyclic) bond motifs is 1. The lowest BCUT2D eigenvalue weighted by atomic mass is 10.0. The van der Waals surface area contributed by atoms with Crippen LogP contribution in [-0.4, -0.2) is 27.1 Å². The molecule has 0 spiro atoms. The van der Waals surface area contributed by atoms with Crippen LogP contribution in [0.4, 0.5) is 4.39 Å². The number of hydrogen-bond donors (Lipinski definition) is 0. The van der Waals surface area contributed by atoms with Gasteiger partial charge in [-0.1, -0.05) is 19.6 Å². The van der Waals surface area contributed by atoms with Crippen molar-refractivity contribution in [2.45, 2.75) is 46.5 Å². The molecular weight excluding hydrogens is 357 g/mol. The monoisotopic (exact) mass is 381 g/mol. The van der Waals surface area contributed by atoms with Gasteiger partial charge in [-0.3, -0.25) is 14.7 Å². The third-order valence-electron chi connectivity index (χ3n) is 4.78. The molecule has 2 unspecified atom stereocenters. The summed E-state index contributed by atoms with van der Waals surface area (Å²) in [6, 6.07) is 3.40. The topological polar surface area (TPSA) is 55.3 Å². The highest BCUT2D eigenvalue weighted by molar-refractivity contribution is 6.01. The van der Waals surface area contributed by atoms with Crippen molar-refractivity contribution in [3.05, 3.63) is 65.8 Å². The van der Waals surface area contributed by atoms with E-state index in [1.54, 1.807) is 23.2 Å². The van der Waals surface area contributed by atoms with Gasteiger partial charge in [-0.2, -0.15) is 0 Å². The third kappa shape index (κ3) is 3.42. The Balaban J connectivity index is 2.10. The van der Waals surface area contributed by atoms with Gasteiger partial charge in [0.05, 0.1) is 29.2 Å². The van der Waals surface area contributed by atoms with Crippen LogP contribution in [-0.2, 0) is 0 Å². The Hall–Kier alpha value is -3.02. The number of amides is 1. The van der Waals surface area contributed by atoms with E-state index in [-0.39, 0.29) is 11.9 Å². The lowest BCUT2D eigenvalue weighted by Gasteiger charge is -2.24. The smallest absolute Gasteiger partial charge is 0.261 e. The molecule has 2 aromatic heterocycles. The van der Waals surface area contributed by atoms with E-state index in [1.165, 1.54) is 13.1 Å². The van der Waals surface area contributed by atoms with Gasteiger partial charge in [-0.05, 0) is 44.0 Å². The number of carbonyl (C=O) groups excluding carboxylic acids is 1. The molecule has 28 heavy (non-hydrogen) atoms. The van der Waals surface area contributed by atoms with Crippen LogP contribution in [0.2, 0.25) is 0 Å². The predicted molar refractivity (Wildman–Crippen MR) is 107 cm³/mol. The lowest BCUT2D eigenvalue weighted by molar-refractivity contribution is 0.0788. The second-order valence-corrected chi connectivity index (χ2v) is 6.67. The molecule has 0 N–H and O–H groups in total. The van der Waals surface area contributed by atoms with Crippen LogP contribution in [0.15, 0.2) is 49.0 Å². The van der Waals surface area contributed by atoms with Crippen LogP contribution < -0.4 is 4.74 Å². The standard InChI is InChI=1S/C22H24FN3O2/c1-6-16(7-2)26-19(8-3)21-20(22(26)27)13(4)9-18(25-21)15-10-17(12-24-11-15)28-14(5)23/h6-7,9-12,14,19H,1,8H2,2-5H3/b16-7+. The summed E-state index contributed by atoms with van der Waals surface area (Å²) in [4.78, 5) is 23.8. The summed E-state index contributed by atoms with van der Waals surface area (Å²) < 4.78 is 18.3. The molecule has 5 nitrogen and oxygen atoms in total. The molecule has 0 saturated heterocycles. The number of alkyl halides is 1. The minimum Gasteiger partial charge on any atom is -0.459 e. The van der Waals surface area contributed by atoms with Crippen molar-refractivity contribution < 1.29 is 13.9 Å². The maximum atomic E-state index is 13.2. The third-order valence-corrected chi connectivity index (χ3v) is 4.78. The van der Waals surface area contributed by atoms with Crippen LogP contribution in [0.25, 0.3) is 11.3 Å². The molecule has 1 aliphatic rings. The fourth-order valence-corrected chi connectivity index (χ4v) is 3.59. The predicted octanol–water partition coefficient (Wildman–Crippen LogP) is 5.14. The largest absolute Gasteiger partial charge is 0.459 e. The highest BCUT2D eigenvalue weighted by Crippen LogP contribution is 2.40. The first kappa shape index (κ1) is 19.7. The van der Waals surface area contributed by atoms with E-state index in [0.29, 0.717) is 22.6 Å². The van der Waals surface area contributed by atoms with Gasteiger partial charge in [0.15, 0.2) is 0 Å². The number of aromatic nitrogens is 2. The quantitative estimate of drug-likeness (QED) is 0.650. The van der Waals surface area contributed by atoms with Crippen LogP contribution in [0, 0.1) is 6.92 Å². The molecule has 6 heteroatoms. The van der Waals surface area contributed by atoms with Crippen molar-refractivity contribution in [3.8, 4) is 17.0 Å². The average Bonchev–Trinajstić information content (AvgIpc) is 2.95. The van der Waals surface area contributed by atoms with Gasteiger partial charge in [0.25, 0.3) is 5.91 Å². The fraction of sp³-hybridized carbons (Fsp3) is 0.318. The van der Waals surface area contributed by atoms with Crippen molar-refractivity contribution in [1.82, 2.24) is 14.9 Å². The SMILES string of the molecule is C=C/C(=C\C)N1C(=O)c2c(C)cc(-c3cncc(OC(C)F)c3)nc2C1CC. The summed E-state index contributed by atoms with van der Waals surface area (Å²) >= 11 is 0. The van der Waals surface area contributed by atoms with E-state index in [2.05, 4.69) is 11.6 Å². The Morgan fingerprint density at radius 1 is 1.43 bits per heavy atom. The van der Waals surface area contributed by atoms with Gasteiger partial charge in [0.2, 0.25) is 6.36 Å². The maximum Gasteiger partial charge on any atom is 0.261 e. The van der Waals surface area contributed by atoms with Gasteiger partial charge in [-0.25, -0.2) is 9.37 Å². The second-order valence-electron chi connectivity index (χ2n) is 6.67. The molecule has 0 saturated carbocycles. The number of halogens is 1. The number of allylic oxidation sites excluding steroid dienone is 2. The van der Waals surface area contributed by atoms with Crippen LogP contribution in [0.5, 0.6) is 5.75 Å². The van der Waals surface area contributed by atoms with E-state index >= 15 is 0 Å². The highest BCUT2D eigenvalue weighted by Gasteiger charge is 2.39. The van der Waals surface area contributed by atoms with Gasteiger partial charge in [0.1, 0.15) is 5.75 Å². The Bertz CT molecular complexity index is 953. The van der Waals surface area contributed by atoms with Crippen LogP contribution >= 0.6 is 0 Å². The lowest BCUT2D eigenvalue weighted by Crippen LogP contribution is -2.26. The molecule has 1 aliphatic heterocycles. The first-order valence-corrected chi connectivity index (χ1v) is 9.31. The molecule has 3 rings (SSSR count). The molecule has 0 aliphatic carbocycles. The molecule has 0 bridgehead atoms. The van der Waals surface area contributed by atoms with Crippen molar-refractivity contribution in [2.75, 3.05) is 0 Å². The van der Waals surface area contributed by atoms with E-state index in [0.717, 1.165) is 23.4 Å². The normalized spacial score (nSPS) is 17.5. The molecule has 1 amide bonds. The minimum atomic E-state index is -1.43. The average molecular weight is 381 g/mol. The summed E-state index contributed by atoms with van der Waals surface area (Å²) in [7, 11) is 0. The number of rotatable bonds is 6. The van der Waals surface area contributed by atoms with Crippen LogP contribution in [0.1, 0.15) is 54.8 Å². The zero-order valence-electron chi connectivity index (χ0n) is 16.6. The Morgan fingerprint density at radius 3 is 2.79 bits per heavy atom. The first-order valence-electron chi connectivity index (χ1n) is 9.31. The molecule has 0 fully saturated rings. The summed E-state index contributed by atoms with van der Waals surface area (Å²) in [6.07, 6.45) is 5.97. The van der Waals surface area contributed by atoms with E-state index < -0.39 is 6.36 Å². The van der Waals surface area contributed by atoms with Crippen molar-refractivity contribution in [1.29, 1.82) is 0 Å². The maximum absolute atomic E-state index is 13.2. The fourth-order valence-electron chi connectivity index (χ4n) is 3.59. The zero-order valence-corrected chi connectivity index (χ0v) is 16.6. The van der Waals surface area contributed by atoms with Gasteiger partial charge in [-0.15, -0.1) is 0 Å². The van der Waals surface area contributed by atoms with Crippen molar-refractivity contribution in [3.63, 3.8) is 0 Å². The molecular formula is C22H24FN3O2. The van der Waals surface area contributed by atoms with Crippen LogP contribution in [0.3, 0.4) is 0 Å². The number of ether oxygens (including phenoxy) is 1. The molecule has 3 heterocycles. The zero-order chi connectivity index (χ0) is 20.4. The van der Waals surface area contributed by atoms with E-state index in [1.807, 2.05) is 32.9 Å². The molecule has 2 aromatic rings. The summed E-state index contributed by atoms with van der Waals surface area (Å²) in [5.74, 6) is 0.271. The van der Waals surface area contributed by atoms with E-state index in [4.69, 9.17) is 9.72 Å². The molecule has 146 valence electrons. The molecule has 2 atom stereocenters. The summed E-state index contributed by atoms with van der Waals surface area (Å²) in [5.41, 5.74) is 4.37. The highest BCUT2D eigenvalue weighted by atomic mass is 19.1. The van der Waals surface area contributed by atoms with E-state index in [9.17, 15) is 9.18 Å². The van der Waals surface area contributed by atoms with Gasteiger partial charge >= 0.3 is 0 Å². The Labute approximate surface area is 164 Å². The second kappa shape index (κ2) is 7.92. The summed E-state index contributed by atoms with van der Waals surface area (Å²) in [6.45, 7) is 11.0. The van der Waals surface area contributed by atoms with Gasteiger partial charge < -0.3 is 4.74 Å². The number of hydrogen-bond acceptors (Lipinski definition) is 4. The number of pyridine rings is 2.